The lowest BCUT2D eigenvalue weighted by Gasteiger charge is -2.44. The second-order valence-corrected chi connectivity index (χ2v) is 14.5. The highest BCUT2D eigenvalue weighted by Crippen LogP contribution is 2.45. The van der Waals surface area contributed by atoms with Gasteiger partial charge in [0, 0.05) is 5.92 Å². The fourth-order valence-corrected chi connectivity index (χ4v) is 10.3. The van der Waals surface area contributed by atoms with Crippen LogP contribution < -0.4 is 10.4 Å². The van der Waals surface area contributed by atoms with Crippen LogP contribution in [-0.2, 0) is 4.43 Å². The number of hydrogen-bond donors (Lipinski definition) is 1. The van der Waals surface area contributed by atoms with Gasteiger partial charge in [-0.2, -0.15) is 0 Å². The lowest BCUT2D eigenvalue weighted by atomic mass is 9.90. The van der Waals surface area contributed by atoms with Crippen LogP contribution in [0, 0.1) is 17.8 Å². The Hall–Kier alpha value is -1.94. The minimum atomic E-state index is -2.53. The quantitative estimate of drug-likeness (QED) is 0.527. The Bertz CT molecular complexity index is 887. The van der Waals surface area contributed by atoms with Crippen LogP contribution >= 0.6 is 0 Å². The molecule has 1 unspecified atom stereocenters. The summed E-state index contributed by atoms with van der Waals surface area (Å²) >= 11 is 0. The van der Waals surface area contributed by atoms with Gasteiger partial charge in [0.2, 0.25) is 0 Å². The minimum Gasteiger partial charge on any atom is -0.404 e. The molecule has 1 N–H and O–H groups in total. The van der Waals surface area contributed by atoms with E-state index in [0.717, 1.165) is 12.8 Å². The lowest BCUT2D eigenvalue weighted by Crippen LogP contribution is -2.67. The largest absolute Gasteiger partial charge is 0.404 e. The highest BCUT2D eigenvalue weighted by Gasteiger charge is 2.52. The monoisotopic (exact) mass is 432 g/mol. The molecule has 1 fully saturated rings. The summed E-state index contributed by atoms with van der Waals surface area (Å²) in [6, 6.07) is 21.9. The maximum Gasteiger partial charge on any atom is 0.261 e. The summed E-state index contributed by atoms with van der Waals surface area (Å²) in [6.07, 6.45) is 9.00. The number of aliphatic hydroxyl groups is 1. The van der Waals surface area contributed by atoms with Crippen LogP contribution in [0.1, 0.15) is 40.5 Å². The van der Waals surface area contributed by atoms with Crippen LogP contribution in [0.15, 0.2) is 84.5 Å². The van der Waals surface area contributed by atoms with Gasteiger partial charge in [-0.1, -0.05) is 112 Å². The predicted molar refractivity (Wildman–Crippen MR) is 132 cm³/mol. The van der Waals surface area contributed by atoms with Gasteiger partial charge in [-0.25, -0.2) is 0 Å². The molecule has 2 aliphatic rings. The van der Waals surface area contributed by atoms with E-state index in [1.165, 1.54) is 15.9 Å². The third-order valence-electron chi connectivity index (χ3n) is 7.15. The van der Waals surface area contributed by atoms with Crippen molar-refractivity contribution < 1.29 is 9.53 Å². The maximum atomic E-state index is 9.76. The van der Waals surface area contributed by atoms with Crippen molar-refractivity contribution >= 4 is 18.7 Å². The van der Waals surface area contributed by atoms with Gasteiger partial charge in [0.05, 0.1) is 12.7 Å². The Morgan fingerprint density at radius 3 is 2.03 bits per heavy atom. The van der Waals surface area contributed by atoms with E-state index < -0.39 is 8.32 Å². The summed E-state index contributed by atoms with van der Waals surface area (Å²) in [4.78, 5) is 0. The Morgan fingerprint density at radius 2 is 1.52 bits per heavy atom. The lowest BCUT2D eigenvalue weighted by molar-refractivity contribution is 0.186. The maximum absolute atomic E-state index is 9.76. The van der Waals surface area contributed by atoms with E-state index in [-0.39, 0.29) is 23.7 Å². The third-order valence-corrected chi connectivity index (χ3v) is 12.2. The molecule has 31 heavy (non-hydrogen) atoms. The van der Waals surface area contributed by atoms with E-state index in [2.05, 4.69) is 107 Å². The highest BCUT2D eigenvalue weighted by atomic mass is 28.4. The van der Waals surface area contributed by atoms with Crippen LogP contribution in [0.2, 0.25) is 5.04 Å². The zero-order valence-corrected chi connectivity index (χ0v) is 20.3. The first kappa shape index (κ1) is 22.3. The Morgan fingerprint density at radius 1 is 0.935 bits per heavy atom. The number of hydrogen-bond acceptors (Lipinski definition) is 2. The number of allylic oxidation sites excluding steroid dienone is 1. The van der Waals surface area contributed by atoms with E-state index in [9.17, 15) is 5.11 Å². The van der Waals surface area contributed by atoms with Crippen LogP contribution in [0.25, 0.3) is 0 Å². The molecular weight excluding hydrogens is 396 g/mol. The van der Waals surface area contributed by atoms with Crippen molar-refractivity contribution in [2.45, 2.75) is 51.7 Å². The summed E-state index contributed by atoms with van der Waals surface area (Å²) < 4.78 is 7.40. The predicted octanol–water partition coefficient (Wildman–Crippen LogP) is 5.08. The summed E-state index contributed by atoms with van der Waals surface area (Å²) in [6.45, 7) is 9.52. The minimum absolute atomic E-state index is 0.00606. The number of aliphatic hydroxyl groups excluding tert-OH is 1. The van der Waals surface area contributed by atoms with Crippen molar-refractivity contribution in [3.8, 4) is 0 Å². The molecule has 0 bridgehead atoms. The molecule has 3 heteroatoms. The molecular formula is C28H36O2Si. The first-order valence-electron chi connectivity index (χ1n) is 11.6. The molecule has 164 valence electrons. The standard InChI is InChI=1S/C28H36O2Si/c1-21-15-16-22(20-29)17-23-18-24(19-27(21)23)30-31(28(2,3)4,25-11-7-5-8-12-25)26-13-9-6-10-14-26/h5-17,21-22,24,27,29H,18-20H2,1-4H3/t21-,22+,24?,27-/m0/s1. The van der Waals surface area contributed by atoms with Crippen LogP contribution in [0.5, 0.6) is 0 Å². The average molecular weight is 433 g/mol. The second-order valence-electron chi connectivity index (χ2n) is 10.3. The molecule has 0 heterocycles. The Balaban J connectivity index is 1.76. The number of rotatable bonds is 5. The van der Waals surface area contributed by atoms with Crippen LogP contribution in [-0.4, -0.2) is 26.1 Å². The molecule has 0 saturated heterocycles. The van der Waals surface area contributed by atoms with Crippen molar-refractivity contribution in [2.75, 3.05) is 6.61 Å². The van der Waals surface area contributed by atoms with Crippen LogP contribution in [0.3, 0.4) is 0 Å². The molecule has 1 saturated carbocycles. The second kappa shape index (κ2) is 8.89. The average Bonchev–Trinajstić information content (AvgIpc) is 3.10. The Kier molecular flexibility index (Phi) is 6.39. The number of benzene rings is 2. The van der Waals surface area contributed by atoms with Crippen molar-refractivity contribution in [3.05, 3.63) is 84.5 Å². The molecule has 2 nitrogen and oxygen atoms in total. The van der Waals surface area contributed by atoms with Crippen molar-refractivity contribution in [1.82, 2.24) is 0 Å². The molecule has 0 aliphatic heterocycles. The zero-order valence-electron chi connectivity index (χ0n) is 19.3. The zero-order chi connectivity index (χ0) is 22.1. The fraction of sp³-hybridized carbons (Fsp3) is 0.429. The third kappa shape index (κ3) is 4.24. The van der Waals surface area contributed by atoms with Gasteiger partial charge in [-0.15, -0.1) is 0 Å². The smallest absolute Gasteiger partial charge is 0.261 e. The van der Waals surface area contributed by atoms with E-state index in [1.807, 2.05) is 0 Å². The first-order chi connectivity index (χ1) is 14.8. The molecule has 2 aliphatic carbocycles. The summed E-state index contributed by atoms with van der Waals surface area (Å²) in [7, 11) is -2.53. The Labute approximate surface area is 188 Å². The van der Waals surface area contributed by atoms with Gasteiger partial charge in [0.1, 0.15) is 0 Å². The normalized spacial score (nSPS) is 26.3. The summed E-state index contributed by atoms with van der Waals surface area (Å²) in [5.74, 6) is 1.13. The van der Waals surface area contributed by atoms with E-state index in [0.29, 0.717) is 11.8 Å². The van der Waals surface area contributed by atoms with Crippen molar-refractivity contribution in [1.29, 1.82) is 0 Å². The van der Waals surface area contributed by atoms with E-state index in [4.69, 9.17) is 4.43 Å². The summed E-state index contributed by atoms with van der Waals surface area (Å²) in [5, 5.41) is 12.4. The molecule has 4 rings (SSSR count). The molecule has 0 spiro atoms. The van der Waals surface area contributed by atoms with Gasteiger partial charge in [-0.05, 0) is 40.1 Å². The van der Waals surface area contributed by atoms with E-state index >= 15 is 0 Å². The molecule has 2 aromatic rings. The topological polar surface area (TPSA) is 29.5 Å². The number of fused-ring (bicyclic) bond motifs is 1. The highest BCUT2D eigenvalue weighted by molar-refractivity contribution is 6.99. The first-order valence-corrected chi connectivity index (χ1v) is 13.5. The molecule has 0 aromatic heterocycles. The van der Waals surface area contributed by atoms with Gasteiger partial charge in [-0.3, -0.25) is 0 Å². The summed E-state index contributed by atoms with van der Waals surface area (Å²) in [5.41, 5.74) is 1.47. The SMILES string of the molecule is C[C@H]1C=C[C@@H](CO)C=C2CC(O[Si](c3ccccc3)(c3ccccc3)C(C)(C)C)C[C@H]21. The van der Waals surface area contributed by atoms with E-state index in [1.54, 1.807) is 0 Å². The molecule has 4 atom stereocenters. The van der Waals surface area contributed by atoms with Crippen molar-refractivity contribution in [3.63, 3.8) is 0 Å². The molecule has 0 amide bonds. The van der Waals surface area contributed by atoms with Crippen LogP contribution in [0.4, 0.5) is 0 Å². The van der Waals surface area contributed by atoms with Gasteiger partial charge < -0.3 is 9.53 Å². The van der Waals surface area contributed by atoms with Gasteiger partial charge in [0.25, 0.3) is 8.32 Å². The molecule has 2 aromatic carbocycles. The van der Waals surface area contributed by atoms with Gasteiger partial charge in [0.15, 0.2) is 0 Å². The van der Waals surface area contributed by atoms with Crippen molar-refractivity contribution in [2.24, 2.45) is 17.8 Å². The fourth-order valence-electron chi connectivity index (χ4n) is 5.60. The van der Waals surface area contributed by atoms with Gasteiger partial charge >= 0.3 is 0 Å². The molecule has 0 radical (unpaired) electrons.